The lowest BCUT2D eigenvalue weighted by molar-refractivity contribution is -0.113. The maximum Gasteiger partial charge on any atom is 0.236 e. The van der Waals surface area contributed by atoms with Crippen LogP contribution in [-0.2, 0) is 11.2 Å². The van der Waals surface area contributed by atoms with Gasteiger partial charge >= 0.3 is 0 Å². The number of Topliss-reactive ketones (excluding diaryl/α,β-unsaturated/α-hetero) is 1. The normalized spacial score (nSPS) is 9.00. The number of carbonyl (C=O) groups excluding carboxylic acids is 1. The van der Waals surface area contributed by atoms with E-state index in [1.54, 1.807) is 6.07 Å². The third-order valence-corrected chi connectivity index (χ3v) is 1.43. The molecule has 0 unspecified atom stereocenters. The van der Waals surface area contributed by atoms with Crippen LogP contribution in [0.25, 0.3) is 0 Å². The Hall–Kier alpha value is -1.69. The first-order valence-electron chi connectivity index (χ1n) is 3.40. The summed E-state index contributed by atoms with van der Waals surface area (Å²) < 4.78 is 12.8. The minimum Gasteiger partial charge on any atom is -0.282 e. The highest BCUT2D eigenvalue weighted by Gasteiger charge is 2.05. The van der Waals surface area contributed by atoms with Gasteiger partial charge in [-0.1, -0.05) is 18.2 Å². The fourth-order valence-electron chi connectivity index (χ4n) is 0.854. The van der Waals surface area contributed by atoms with Crippen LogP contribution < -0.4 is 0 Å². The highest BCUT2D eigenvalue weighted by atomic mass is 19.1. The second-order valence-corrected chi connectivity index (χ2v) is 2.30. The number of nitrogens with zero attached hydrogens (tertiary/aromatic N) is 1. The molecule has 0 heterocycles. The molecular formula is C9H6FNO. The molecule has 1 rings (SSSR count). The molecule has 60 valence electrons. The summed E-state index contributed by atoms with van der Waals surface area (Å²) in [5, 5.41) is 8.16. The van der Waals surface area contributed by atoms with Crippen LogP contribution in [0.1, 0.15) is 5.56 Å². The fourth-order valence-corrected chi connectivity index (χ4v) is 0.854. The summed E-state index contributed by atoms with van der Waals surface area (Å²) in [4.78, 5) is 10.6. The van der Waals surface area contributed by atoms with Crippen LogP contribution in [0.4, 0.5) is 4.39 Å². The molecule has 0 aliphatic rings. The van der Waals surface area contributed by atoms with E-state index in [9.17, 15) is 9.18 Å². The Morgan fingerprint density at radius 2 is 2.17 bits per heavy atom. The van der Waals surface area contributed by atoms with E-state index < -0.39 is 11.6 Å². The van der Waals surface area contributed by atoms with Crippen LogP contribution in [0.5, 0.6) is 0 Å². The molecular weight excluding hydrogens is 157 g/mol. The van der Waals surface area contributed by atoms with Gasteiger partial charge in [0.1, 0.15) is 11.9 Å². The smallest absolute Gasteiger partial charge is 0.236 e. The van der Waals surface area contributed by atoms with Gasteiger partial charge in [-0.05, 0) is 11.6 Å². The SMILES string of the molecule is N#CC(=O)Cc1ccccc1F. The largest absolute Gasteiger partial charge is 0.282 e. The third-order valence-electron chi connectivity index (χ3n) is 1.43. The molecule has 0 amide bonds. The zero-order valence-corrected chi connectivity index (χ0v) is 6.25. The molecule has 0 fully saturated rings. The molecule has 0 radical (unpaired) electrons. The first-order chi connectivity index (χ1) is 5.74. The first kappa shape index (κ1) is 8.41. The molecule has 0 aromatic heterocycles. The summed E-state index contributed by atoms with van der Waals surface area (Å²) in [6.45, 7) is 0. The molecule has 0 bridgehead atoms. The average Bonchev–Trinajstić information content (AvgIpc) is 2.09. The second-order valence-electron chi connectivity index (χ2n) is 2.30. The molecule has 0 atom stereocenters. The lowest BCUT2D eigenvalue weighted by Crippen LogP contribution is -2.00. The minimum absolute atomic E-state index is 0.150. The van der Waals surface area contributed by atoms with Gasteiger partial charge in [-0.3, -0.25) is 4.79 Å². The lowest BCUT2D eigenvalue weighted by atomic mass is 10.1. The van der Waals surface area contributed by atoms with E-state index in [1.165, 1.54) is 24.3 Å². The van der Waals surface area contributed by atoms with Crippen LogP contribution in [-0.4, -0.2) is 5.78 Å². The number of carbonyl (C=O) groups is 1. The Bertz CT molecular complexity index is 341. The molecule has 1 aromatic carbocycles. The standard InChI is InChI=1S/C9H6FNO/c10-9-4-2-1-3-7(9)5-8(12)6-11/h1-4H,5H2. The van der Waals surface area contributed by atoms with Gasteiger partial charge < -0.3 is 0 Å². The zero-order valence-electron chi connectivity index (χ0n) is 6.25. The third kappa shape index (κ3) is 1.89. The summed E-state index contributed by atoms with van der Waals surface area (Å²) in [6, 6.07) is 7.36. The van der Waals surface area contributed by atoms with Gasteiger partial charge in [0.15, 0.2) is 0 Å². The second kappa shape index (κ2) is 3.63. The Labute approximate surface area is 69.2 Å². The van der Waals surface area contributed by atoms with E-state index in [4.69, 9.17) is 5.26 Å². The average molecular weight is 163 g/mol. The number of nitriles is 1. The molecule has 0 spiro atoms. The van der Waals surface area contributed by atoms with Crippen LogP contribution in [0.3, 0.4) is 0 Å². The van der Waals surface area contributed by atoms with Crippen LogP contribution in [0, 0.1) is 17.1 Å². The van der Waals surface area contributed by atoms with Gasteiger partial charge in [-0.25, -0.2) is 4.39 Å². The van der Waals surface area contributed by atoms with E-state index in [0.29, 0.717) is 0 Å². The highest BCUT2D eigenvalue weighted by molar-refractivity contribution is 5.94. The zero-order chi connectivity index (χ0) is 8.97. The van der Waals surface area contributed by atoms with Crippen LogP contribution in [0.15, 0.2) is 24.3 Å². The van der Waals surface area contributed by atoms with Crippen molar-refractivity contribution in [3.8, 4) is 6.07 Å². The number of hydrogen-bond donors (Lipinski definition) is 0. The summed E-state index contributed by atoms with van der Waals surface area (Å²) in [7, 11) is 0. The summed E-state index contributed by atoms with van der Waals surface area (Å²) in [5.41, 5.74) is 0.268. The van der Waals surface area contributed by atoms with Gasteiger partial charge in [-0.2, -0.15) is 5.26 Å². The van der Waals surface area contributed by atoms with Crippen molar-refractivity contribution >= 4 is 5.78 Å². The number of benzene rings is 1. The molecule has 3 heteroatoms. The Morgan fingerprint density at radius 1 is 1.50 bits per heavy atom. The molecule has 0 aliphatic heterocycles. The van der Waals surface area contributed by atoms with Crippen molar-refractivity contribution in [2.45, 2.75) is 6.42 Å². The van der Waals surface area contributed by atoms with Crippen molar-refractivity contribution < 1.29 is 9.18 Å². The minimum atomic E-state index is -0.625. The van der Waals surface area contributed by atoms with Gasteiger partial charge in [0, 0.05) is 6.42 Å². The molecule has 0 N–H and O–H groups in total. The Morgan fingerprint density at radius 3 is 2.75 bits per heavy atom. The Kier molecular flexibility index (Phi) is 2.54. The number of hydrogen-bond acceptors (Lipinski definition) is 2. The topological polar surface area (TPSA) is 40.9 Å². The predicted molar refractivity (Wildman–Crippen MR) is 40.7 cm³/mol. The molecule has 0 saturated heterocycles. The van der Waals surface area contributed by atoms with Crippen molar-refractivity contribution in [3.05, 3.63) is 35.6 Å². The molecule has 0 aliphatic carbocycles. The molecule has 0 saturated carbocycles. The lowest BCUT2D eigenvalue weighted by Gasteiger charge is -1.96. The number of halogens is 1. The van der Waals surface area contributed by atoms with Crippen LogP contribution in [0.2, 0.25) is 0 Å². The summed E-state index contributed by atoms with van der Waals surface area (Å²) >= 11 is 0. The van der Waals surface area contributed by atoms with Crippen molar-refractivity contribution in [3.63, 3.8) is 0 Å². The number of ketones is 1. The van der Waals surface area contributed by atoms with E-state index in [1.807, 2.05) is 0 Å². The van der Waals surface area contributed by atoms with Crippen molar-refractivity contribution in [1.82, 2.24) is 0 Å². The van der Waals surface area contributed by atoms with E-state index >= 15 is 0 Å². The summed E-state index contributed by atoms with van der Waals surface area (Å²) in [5.74, 6) is -1.07. The van der Waals surface area contributed by atoms with Gasteiger partial charge in [-0.15, -0.1) is 0 Å². The first-order valence-corrected chi connectivity index (χ1v) is 3.40. The van der Waals surface area contributed by atoms with Gasteiger partial charge in [0.25, 0.3) is 0 Å². The maximum atomic E-state index is 12.8. The maximum absolute atomic E-state index is 12.8. The van der Waals surface area contributed by atoms with E-state index in [0.717, 1.165) is 0 Å². The number of rotatable bonds is 2. The van der Waals surface area contributed by atoms with Crippen molar-refractivity contribution in [1.29, 1.82) is 5.26 Å². The predicted octanol–water partition coefficient (Wildman–Crippen LogP) is 1.46. The van der Waals surface area contributed by atoms with Crippen molar-refractivity contribution in [2.24, 2.45) is 0 Å². The summed E-state index contributed by atoms with van der Waals surface area (Å²) in [6.07, 6.45) is -0.150. The fraction of sp³-hybridized carbons (Fsp3) is 0.111. The van der Waals surface area contributed by atoms with Gasteiger partial charge in [0.05, 0.1) is 0 Å². The van der Waals surface area contributed by atoms with Crippen LogP contribution >= 0.6 is 0 Å². The monoisotopic (exact) mass is 163 g/mol. The van der Waals surface area contributed by atoms with E-state index in [2.05, 4.69) is 0 Å². The quantitative estimate of drug-likeness (QED) is 0.619. The Balaban J connectivity index is 2.84. The molecule has 12 heavy (non-hydrogen) atoms. The molecule has 2 nitrogen and oxygen atoms in total. The highest BCUT2D eigenvalue weighted by Crippen LogP contribution is 2.06. The van der Waals surface area contributed by atoms with Gasteiger partial charge in [0.2, 0.25) is 5.78 Å². The molecule has 1 aromatic rings. The van der Waals surface area contributed by atoms with E-state index in [-0.39, 0.29) is 12.0 Å². The van der Waals surface area contributed by atoms with Crippen molar-refractivity contribution in [2.75, 3.05) is 0 Å².